The van der Waals surface area contributed by atoms with Gasteiger partial charge in [-0.15, -0.1) is 0 Å². The van der Waals surface area contributed by atoms with Gasteiger partial charge in [0.15, 0.2) is 5.78 Å². The number of benzene rings is 1. The van der Waals surface area contributed by atoms with Crippen molar-refractivity contribution in [2.45, 2.75) is 227 Å². The first-order valence-corrected chi connectivity index (χ1v) is 34.2. The van der Waals surface area contributed by atoms with Crippen LogP contribution in [0.25, 0.3) is 0 Å². The molecule has 91 heavy (non-hydrogen) atoms. The number of hydrogen-bond donors (Lipinski definition) is 5. The predicted octanol–water partition coefficient (Wildman–Crippen LogP) is 9.93. The second kappa shape index (κ2) is 36.2. The summed E-state index contributed by atoms with van der Waals surface area (Å²) in [6.45, 7) is 16.7. The number of aliphatic hydroxyl groups excluding tert-OH is 2. The molecule has 5 N–H and O–H groups in total. The van der Waals surface area contributed by atoms with Gasteiger partial charge in [0.1, 0.15) is 36.2 Å². The Bertz CT molecular complexity index is 2860. The third-order valence-electron chi connectivity index (χ3n) is 18.2. The smallest absolute Gasteiger partial charge is 0.339 e. The number of allylic oxidation sites excluding steroid dienone is 6. The van der Waals surface area contributed by atoms with Crippen molar-refractivity contribution in [1.29, 1.82) is 0 Å². The summed E-state index contributed by atoms with van der Waals surface area (Å²) < 4.78 is 36.6. The number of rotatable bonds is 15. The summed E-state index contributed by atoms with van der Waals surface area (Å²) in [7, 11) is 2.90. The molecule has 3 heterocycles. The summed E-state index contributed by atoms with van der Waals surface area (Å²) in [6, 6.07) is -1.23. The van der Waals surface area contributed by atoms with E-state index in [9.17, 15) is 58.5 Å². The lowest BCUT2D eigenvalue weighted by Crippen LogP contribution is -2.61. The van der Waals surface area contributed by atoms with Crippen molar-refractivity contribution in [3.05, 3.63) is 65.9 Å². The minimum absolute atomic E-state index is 0.0151. The number of carbonyl (C=O) groups excluding carboxylic acids is 9. The number of fused-ring (bicyclic) bond motifs is 3. The van der Waals surface area contributed by atoms with Gasteiger partial charge >= 0.3 is 17.9 Å². The average molecular weight is 1500 g/mol. The van der Waals surface area contributed by atoms with Crippen LogP contribution in [0.5, 0.6) is 0 Å². The normalized spacial score (nSPS) is 31.9. The molecule has 3 fully saturated rings. The number of hydrogen-bond acceptors (Lipinski definition) is 18. The second-order valence-electron chi connectivity index (χ2n) is 25.5. The van der Waals surface area contributed by atoms with E-state index in [0.717, 1.165) is 4.90 Å². The summed E-state index contributed by atoms with van der Waals surface area (Å²) in [5.41, 5.74) is 2.43. The number of methoxy groups -OCH3 is 2. The highest BCUT2D eigenvalue weighted by Gasteiger charge is 2.53. The Kier molecular flexibility index (Phi) is 30.6. The van der Waals surface area contributed by atoms with Gasteiger partial charge in [-0.2, -0.15) is 0 Å². The number of ether oxygens (including phenoxy) is 6. The number of piperidine rings is 1. The zero-order valence-electron chi connectivity index (χ0n) is 54.9. The van der Waals surface area contributed by atoms with Gasteiger partial charge in [0, 0.05) is 71.6 Å². The minimum atomic E-state index is -2.54. The lowest BCUT2D eigenvalue weighted by atomic mass is 9.78. The van der Waals surface area contributed by atoms with Crippen LogP contribution in [0.1, 0.15) is 181 Å². The molecule has 506 valence electrons. The van der Waals surface area contributed by atoms with Crippen molar-refractivity contribution in [2.75, 3.05) is 38.0 Å². The maximum absolute atomic E-state index is 14.7. The molecule has 0 radical (unpaired) electrons. The molecule has 21 nitrogen and oxygen atoms in total. The number of ketones is 3. The lowest BCUT2D eigenvalue weighted by Gasteiger charge is -2.42. The van der Waals surface area contributed by atoms with E-state index in [2.05, 4.69) is 10.6 Å². The van der Waals surface area contributed by atoms with Gasteiger partial charge in [-0.3, -0.25) is 33.6 Å². The van der Waals surface area contributed by atoms with Crippen molar-refractivity contribution in [1.82, 2.24) is 4.90 Å². The molecule has 2 bridgehead atoms. The third-order valence-corrected chi connectivity index (χ3v) is 20.3. The van der Waals surface area contributed by atoms with Crippen molar-refractivity contribution in [3.63, 3.8) is 0 Å². The number of cyclic esters (lactones) is 1. The van der Waals surface area contributed by atoms with Crippen LogP contribution < -0.4 is 10.6 Å². The Morgan fingerprint density at radius 1 is 0.802 bits per heavy atom. The monoisotopic (exact) mass is 1500 g/mol. The molecule has 0 spiro atoms. The number of Topliss-reactive ketones (excluding diaryl/α,β-unsaturated/α-hetero) is 3. The summed E-state index contributed by atoms with van der Waals surface area (Å²) in [5, 5.41) is 40.3. The van der Waals surface area contributed by atoms with Gasteiger partial charge in [-0.25, -0.2) is 9.59 Å². The quantitative estimate of drug-likeness (QED) is 0.0272. The maximum atomic E-state index is 14.7. The van der Waals surface area contributed by atoms with E-state index in [4.69, 9.17) is 28.4 Å². The third kappa shape index (κ3) is 21.4. The number of amides is 3. The van der Waals surface area contributed by atoms with Gasteiger partial charge in [0.2, 0.25) is 17.6 Å². The zero-order valence-corrected chi connectivity index (χ0v) is 59.3. The van der Waals surface area contributed by atoms with Gasteiger partial charge in [-0.1, -0.05) is 71.1 Å². The molecule has 2 saturated heterocycles. The van der Waals surface area contributed by atoms with Crippen molar-refractivity contribution in [3.8, 4) is 0 Å². The van der Waals surface area contributed by atoms with Crippen molar-refractivity contribution < 1.29 is 86.9 Å². The van der Waals surface area contributed by atoms with E-state index in [1.165, 1.54) is 21.0 Å². The first-order valence-electron chi connectivity index (χ1n) is 32.0. The second-order valence-corrected chi connectivity index (χ2v) is 27.7. The van der Waals surface area contributed by atoms with Crippen LogP contribution in [0.3, 0.4) is 0 Å². The van der Waals surface area contributed by atoms with Crippen molar-refractivity contribution in [2.24, 2.45) is 35.5 Å². The van der Waals surface area contributed by atoms with Gasteiger partial charge < -0.3 is 59.3 Å². The molecule has 5 rings (SSSR count). The Labute approximate surface area is 563 Å². The highest BCUT2D eigenvalue weighted by atomic mass is 127. The van der Waals surface area contributed by atoms with E-state index < -0.39 is 108 Å². The fraction of sp³-hybridized carbons (Fsp3) is 0.662. The Morgan fingerprint density at radius 2 is 1.49 bits per heavy atom. The highest BCUT2D eigenvalue weighted by molar-refractivity contribution is 14.1. The predicted molar refractivity (Wildman–Crippen MR) is 358 cm³/mol. The number of carbonyl (C=O) groups is 9. The molecule has 1 aliphatic carbocycles. The van der Waals surface area contributed by atoms with Crippen LogP contribution in [0.2, 0.25) is 0 Å². The number of aliphatic hydroxyl groups is 3. The highest BCUT2D eigenvalue weighted by Crippen LogP contribution is 2.40. The fourth-order valence-electron chi connectivity index (χ4n) is 12.6. The van der Waals surface area contributed by atoms with E-state index >= 15 is 0 Å². The molecule has 1 saturated carbocycles. The molecule has 23 heteroatoms. The van der Waals surface area contributed by atoms with Crippen LogP contribution in [0, 0.1) is 49.6 Å². The molecule has 4 aliphatic rings. The largest absolute Gasteiger partial charge is 0.462 e. The minimum Gasteiger partial charge on any atom is -0.462 e. The Balaban J connectivity index is 1.30. The van der Waals surface area contributed by atoms with Crippen molar-refractivity contribution >= 4 is 110 Å². The number of esters is 3. The maximum Gasteiger partial charge on any atom is 0.339 e. The van der Waals surface area contributed by atoms with E-state index in [1.807, 2.05) is 71.2 Å². The summed E-state index contributed by atoms with van der Waals surface area (Å²) in [4.78, 5) is 124. The molecular weight excluding hydrogens is 1400 g/mol. The fourth-order valence-corrected chi connectivity index (χ4v) is 15.1. The number of unbranched alkanes of at least 4 members (excludes halogenated alkanes) is 2. The van der Waals surface area contributed by atoms with Crippen LogP contribution >= 0.6 is 45.2 Å². The topological polar surface area (TPSA) is 297 Å². The van der Waals surface area contributed by atoms with Gasteiger partial charge in [-0.05, 0) is 184 Å². The SMILES string of the molecule is CO[C@@H]1C[C@H](C[C@@H](C)[C@@H]2CC(=O)[C@H](C)/C=C(\C)[C@@H](O)[C@@H](OC)C(=O)[C@H](C)C[C@H](C)/C=C/C=C/C=C(\C)[C@@H](O)C[C@@H]3CC[C@@H](C)[C@@](O)(O3)C(=O)C(=O)N3CCCC[C@H]3C(=O)O2)CC[C@H]1OC(=O)CCCCCOC(=O)c1c(C)c(NC(C)=O)c(I)c(NC(C)=O)c1I. The number of nitrogens with one attached hydrogen (secondary N) is 2. The van der Waals surface area contributed by atoms with E-state index in [-0.39, 0.29) is 79.6 Å². The first-order chi connectivity index (χ1) is 42.9. The molecule has 3 amide bonds. The number of nitrogens with zero attached hydrogens (tertiary/aromatic N) is 1. The van der Waals surface area contributed by atoms with Gasteiger partial charge in [0.25, 0.3) is 11.7 Å². The van der Waals surface area contributed by atoms with Crippen LogP contribution in [-0.4, -0.2) is 155 Å². The standard InChI is InChI=1S/C68H97I2N3O18/c1-37-21-15-13-16-22-38(2)50(76)35-48-27-25-43(7)68(85,91-48)64(81)65(82)73-29-19-18-23-49(73)66(83)90-53(36-51(77)39(3)32-42(6)62(80)63(87-12)61(79)41(5)31-37)40(4)33-47-26-28-52(54(34-47)86-11)89-55(78)24-17-14-20-30-88-67(84)56-44(8)59(71-45(9)74)58(70)60(57(56)69)72-46(10)75/h13,15-16,21-22,32,37,39-41,43,47-50,52-54,62-63,76,80,85H,14,17-20,23-31,33-36H2,1-12H3,(H,71,74)(H,72,75)/b16-13+,21-15+,38-22+,42-32+/t37-,39-,40-,41-,43-,47+,48+,49+,50+,52-,53+,54-,62-,63+,68-/m1/s1. The molecular formula is C68H97I2N3O18. The van der Waals surface area contributed by atoms with E-state index in [0.29, 0.717) is 112 Å². The van der Waals surface area contributed by atoms with Crippen LogP contribution in [0.4, 0.5) is 11.4 Å². The van der Waals surface area contributed by atoms with E-state index in [1.54, 1.807) is 73.0 Å². The zero-order chi connectivity index (χ0) is 67.6. The molecule has 15 atom stereocenters. The first kappa shape index (κ1) is 76.9. The summed E-state index contributed by atoms with van der Waals surface area (Å²) >= 11 is 3.99. The van der Waals surface area contributed by atoms with Crippen LogP contribution in [0.15, 0.2) is 47.6 Å². The number of anilines is 2. The van der Waals surface area contributed by atoms with Gasteiger partial charge in [0.05, 0.1) is 49.0 Å². The van der Waals surface area contributed by atoms with Crippen LogP contribution in [-0.2, 0) is 66.8 Å². The molecule has 3 aliphatic heterocycles. The Hall–Kier alpha value is -4.77. The molecule has 0 unspecified atom stereocenters. The molecule has 1 aromatic rings. The summed E-state index contributed by atoms with van der Waals surface area (Å²) in [5.74, 6) is -10.7. The lowest BCUT2D eigenvalue weighted by molar-refractivity contribution is -0.265. The number of halogens is 2. The average Bonchev–Trinajstić information content (AvgIpc) is 0.813. The Morgan fingerprint density at radius 3 is 2.16 bits per heavy atom. The molecule has 0 aromatic heterocycles. The molecule has 1 aromatic carbocycles. The summed E-state index contributed by atoms with van der Waals surface area (Å²) in [6.07, 6.45) is 9.84.